The number of halogens is 3. The molecule has 1 N–H and O–H groups in total. The quantitative estimate of drug-likeness (QED) is 0.860. The van der Waals surface area contributed by atoms with Crippen LogP contribution in [0.4, 0.5) is 13.2 Å². The number of benzene rings is 2. The van der Waals surface area contributed by atoms with E-state index in [1.807, 2.05) is 6.07 Å². The van der Waals surface area contributed by atoms with Gasteiger partial charge in [-0.2, -0.15) is 0 Å². The second-order valence-electron chi connectivity index (χ2n) is 6.15. The van der Waals surface area contributed by atoms with E-state index in [1.54, 1.807) is 12.1 Å². The van der Waals surface area contributed by atoms with Crippen LogP contribution in [-0.4, -0.2) is 12.9 Å². The van der Waals surface area contributed by atoms with Gasteiger partial charge in [-0.15, -0.1) is 13.2 Å². The minimum Gasteiger partial charge on any atom is -0.406 e. The van der Waals surface area contributed by atoms with Crippen LogP contribution in [0.25, 0.3) is 11.1 Å². The van der Waals surface area contributed by atoms with Crippen LogP contribution in [0.2, 0.25) is 0 Å². The Hall–Kier alpha value is -2.01. The minimum atomic E-state index is -4.67. The molecule has 2 aromatic carbocycles. The van der Waals surface area contributed by atoms with E-state index in [4.69, 9.17) is 0 Å². The first kappa shape index (κ1) is 14.6. The summed E-state index contributed by atoms with van der Waals surface area (Å²) in [6, 6.07) is 12.7. The van der Waals surface area contributed by atoms with Gasteiger partial charge < -0.3 is 10.1 Å². The van der Waals surface area contributed by atoms with E-state index >= 15 is 0 Å². The van der Waals surface area contributed by atoms with Crippen LogP contribution in [0.1, 0.15) is 35.9 Å². The zero-order valence-corrected chi connectivity index (χ0v) is 12.4. The average molecular weight is 319 g/mol. The smallest absolute Gasteiger partial charge is 0.406 e. The Kier molecular flexibility index (Phi) is 3.34. The molecule has 0 saturated carbocycles. The summed E-state index contributed by atoms with van der Waals surface area (Å²) in [6.45, 7) is 1.02. The van der Waals surface area contributed by atoms with Gasteiger partial charge in [0.1, 0.15) is 5.75 Å². The second-order valence-corrected chi connectivity index (χ2v) is 6.15. The molecular weight excluding hydrogens is 303 g/mol. The fourth-order valence-corrected chi connectivity index (χ4v) is 3.74. The summed E-state index contributed by atoms with van der Waals surface area (Å²) in [5.41, 5.74) is 4.32. The van der Waals surface area contributed by atoms with Crippen molar-refractivity contribution in [2.75, 3.05) is 6.54 Å². The lowest BCUT2D eigenvalue weighted by Gasteiger charge is -2.20. The molecule has 1 aliphatic heterocycles. The molecule has 2 nitrogen and oxygen atoms in total. The highest BCUT2D eigenvalue weighted by Gasteiger charge is 2.34. The lowest BCUT2D eigenvalue weighted by molar-refractivity contribution is -0.274. The van der Waals surface area contributed by atoms with Crippen LogP contribution < -0.4 is 10.1 Å². The van der Waals surface area contributed by atoms with Crippen molar-refractivity contribution >= 4 is 0 Å². The van der Waals surface area contributed by atoms with Crippen LogP contribution in [0.5, 0.6) is 5.75 Å². The first-order valence-corrected chi connectivity index (χ1v) is 7.73. The highest BCUT2D eigenvalue weighted by Crippen LogP contribution is 2.46. The first-order chi connectivity index (χ1) is 11.0. The third-order valence-electron chi connectivity index (χ3n) is 4.71. The molecule has 0 spiro atoms. The first-order valence-electron chi connectivity index (χ1n) is 7.73. The van der Waals surface area contributed by atoms with Gasteiger partial charge in [-0.3, -0.25) is 0 Å². The summed E-state index contributed by atoms with van der Waals surface area (Å²) in [6.07, 6.45) is -2.40. The fraction of sp³-hybridized carbons (Fsp3) is 0.333. The average Bonchev–Trinajstić information content (AvgIpc) is 2.76. The monoisotopic (exact) mass is 319 g/mol. The van der Waals surface area contributed by atoms with Crippen LogP contribution in [0, 0.1) is 0 Å². The zero-order chi connectivity index (χ0) is 16.0. The van der Waals surface area contributed by atoms with E-state index in [0.29, 0.717) is 12.0 Å². The van der Waals surface area contributed by atoms with Crippen molar-refractivity contribution in [3.8, 4) is 16.9 Å². The van der Waals surface area contributed by atoms with Gasteiger partial charge in [0.05, 0.1) is 0 Å². The molecule has 2 aromatic rings. The normalized spacial score (nSPS) is 22.7. The van der Waals surface area contributed by atoms with Crippen molar-refractivity contribution in [1.29, 1.82) is 0 Å². The van der Waals surface area contributed by atoms with Gasteiger partial charge in [-0.25, -0.2) is 0 Å². The Morgan fingerprint density at radius 1 is 1.00 bits per heavy atom. The molecule has 1 saturated heterocycles. The van der Waals surface area contributed by atoms with Crippen LogP contribution in [0.15, 0.2) is 42.5 Å². The third-order valence-corrected chi connectivity index (χ3v) is 4.71. The van der Waals surface area contributed by atoms with Gasteiger partial charge >= 0.3 is 6.36 Å². The standard InChI is InChI=1S/C18H16F3NO/c19-18(20,21)23-14-3-1-2-11(8-14)12-4-5-15-13-6-7-22-17(10-13)16(15)9-12/h1-5,8-9,13,17,22H,6-7,10H2. The van der Waals surface area contributed by atoms with Crippen molar-refractivity contribution in [2.24, 2.45) is 0 Å². The summed E-state index contributed by atoms with van der Waals surface area (Å²) in [5.74, 6) is 0.428. The number of rotatable bonds is 2. The molecule has 0 radical (unpaired) electrons. The number of nitrogens with one attached hydrogen (secondary N) is 1. The van der Waals surface area contributed by atoms with Crippen molar-refractivity contribution < 1.29 is 17.9 Å². The van der Waals surface area contributed by atoms with E-state index < -0.39 is 6.36 Å². The number of hydrogen-bond acceptors (Lipinski definition) is 2. The van der Waals surface area contributed by atoms with Gasteiger partial charge in [0.2, 0.25) is 0 Å². The summed E-state index contributed by atoms with van der Waals surface area (Å²) in [5, 5.41) is 3.51. The number of piperidine rings is 1. The molecule has 0 amide bonds. The Balaban J connectivity index is 1.68. The van der Waals surface area contributed by atoms with Gasteiger partial charge in [0.25, 0.3) is 0 Å². The van der Waals surface area contributed by atoms with Crippen molar-refractivity contribution in [2.45, 2.75) is 31.2 Å². The predicted octanol–water partition coefficient (Wildman–Crippen LogP) is 4.77. The Morgan fingerprint density at radius 3 is 2.65 bits per heavy atom. The van der Waals surface area contributed by atoms with E-state index in [2.05, 4.69) is 22.2 Å². The molecule has 5 heteroatoms. The lowest BCUT2D eigenvalue weighted by atomic mass is 9.95. The van der Waals surface area contributed by atoms with E-state index in [9.17, 15) is 13.2 Å². The molecule has 1 fully saturated rings. The van der Waals surface area contributed by atoms with Gasteiger partial charge in [0.15, 0.2) is 0 Å². The molecular formula is C18H16F3NO. The second kappa shape index (κ2) is 5.27. The molecule has 1 heterocycles. The highest BCUT2D eigenvalue weighted by atomic mass is 19.4. The summed E-state index contributed by atoms with van der Waals surface area (Å²) in [7, 11) is 0. The van der Waals surface area contributed by atoms with Crippen LogP contribution in [-0.2, 0) is 0 Å². The SMILES string of the molecule is FC(F)(F)Oc1cccc(-c2ccc3c(c2)C2CC3CCN2)c1. The highest BCUT2D eigenvalue weighted by molar-refractivity contribution is 5.67. The maximum atomic E-state index is 12.4. The molecule has 4 rings (SSSR count). The topological polar surface area (TPSA) is 21.3 Å². The Bertz CT molecular complexity index is 741. The molecule has 1 aliphatic carbocycles. The number of hydrogen-bond donors (Lipinski definition) is 1. The molecule has 120 valence electrons. The van der Waals surface area contributed by atoms with Gasteiger partial charge in [-0.1, -0.05) is 24.3 Å². The summed E-state index contributed by atoms with van der Waals surface area (Å²) >= 11 is 0. The molecule has 2 unspecified atom stereocenters. The maximum Gasteiger partial charge on any atom is 0.573 e. The fourth-order valence-electron chi connectivity index (χ4n) is 3.74. The van der Waals surface area contributed by atoms with E-state index in [-0.39, 0.29) is 5.75 Å². The number of alkyl halides is 3. The van der Waals surface area contributed by atoms with Crippen molar-refractivity contribution in [3.05, 3.63) is 53.6 Å². The number of ether oxygens (including phenoxy) is 1. The largest absolute Gasteiger partial charge is 0.573 e. The van der Waals surface area contributed by atoms with E-state index in [0.717, 1.165) is 30.5 Å². The molecule has 23 heavy (non-hydrogen) atoms. The van der Waals surface area contributed by atoms with Crippen LogP contribution in [0.3, 0.4) is 0 Å². The lowest BCUT2D eigenvalue weighted by Crippen LogP contribution is -2.25. The Morgan fingerprint density at radius 2 is 1.83 bits per heavy atom. The summed E-state index contributed by atoms with van der Waals surface area (Å²) < 4.78 is 41.1. The summed E-state index contributed by atoms with van der Waals surface area (Å²) in [4.78, 5) is 0. The van der Waals surface area contributed by atoms with Crippen molar-refractivity contribution in [1.82, 2.24) is 5.32 Å². The minimum absolute atomic E-state index is 0.188. The molecule has 2 aliphatic rings. The molecule has 0 aromatic heterocycles. The Labute approximate surface area is 132 Å². The van der Waals surface area contributed by atoms with Crippen LogP contribution >= 0.6 is 0 Å². The molecule has 2 atom stereocenters. The third kappa shape index (κ3) is 2.81. The van der Waals surface area contributed by atoms with Gasteiger partial charge in [-0.05, 0) is 65.8 Å². The van der Waals surface area contributed by atoms with E-state index in [1.165, 1.54) is 23.3 Å². The zero-order valence-electron chi connectivity index (χ0n) is 12.4. The predicted molar refractivity (Wildman–Crippen MR) is 81.3 cm³/mol. The number of fused-ring (bicyclic) bond motifs is 5. The maximum absolute atomic E-state index is 12.4. The molecule has 2 bridgehead atoms. The van der Waals surface area contributed by atoms with Crippen molar-refractivity contribution in [3.63, 3.8) is 0 Å². The van der Waals surface area contributed by atoms with Gasteiger partial charge in [0, 0.05) is 6.04 Å².